The second-order valence-electron chi connectivity index (χ2n) is 4.56. The maximum Gasteiger partial charge on any atom is 0.253 e. The predicted molar refractivity (Wildman–Crippen MR) is 77.3 cm³/mol. The molecule has 0 aliphatic heterocycles. The van der Waals surface area contributed by atoms with Crippen molar-refractivity contribution in [2.45, 2.75) is 20.3 Å². The lowest BCUT2D eigenvalue weighted by Gasteiger charge is -2.21. The van der Waals surface area contributed by atoms with Crippen LogP contribution < -0.4 is 5.73 Å². The van der Waals surface area contributed by atoms with Crippen molar-refractivity contribution in [3.63, 3.8) is 0 Å². The molecule has 1 unspecified atom stereocenters. The molecule has 1 aromatic carbocycles. The van der Waals surface area contributed by atoms with Gasteiger partial charge in [-0.3, -0.25) is 4.79 Å². The van der Waals surface area contributed by atoms with Crippen LogP contribution in [0.4, 0.5) is 5.69 Å². The number of amides is 1. The van der Waals surface area contributed by atoms with E-state index in [1.807, 2.05) is 0 Å². The van der Waals surface area contributed by atoms with Crippen LogP contribution in [0.25, 0.3) is 0 Å². The Hall–Kier alpha value is -0.930. The fourth-order valence-electron chi connectivity index (χ4n) is 1.63. The van der Waals surface area contributed by atoms with Crippen LogP contribution in [-0.4, -0.2) is 24.4 Å². The van der Waals surface area contributed by atoms with Crippen LogP contribution in [0, 0.1) is 5.92 Å². The molecule has 100 valence electrons. The Morgan fingerprint density at radius 2 is 2.06 bits per heavy atom. The summed E-state index contributed by atoms with van der Waals surface area (Å²) in [5, 5.41) is 0.592. The summed E-state index contributed by atoms with van der Waals surface area (Å²) >= 11 is 11.8. The number of hydrogen-bond donors (Lipinski definition) is 1. The van der Waals surface area contributed by atoms with E-state index in [1.165, 1.54) is 0 Å². The van der Waals surface area contributed by atoms with Crippen LogP contribution in [0.1, 0.15) is 30.6 Å². The van der Waals surface area contributed by atoms with E-state index >= 15 is 0 Å². The molecule has 1 amide bonds. The Bertz CT molecular complexity index is 426. The van der Waals surface area contributed by atoms with Crippen molar-refractivity contribution < 1.29 is 4.79 Å². The van der Waals surface area contributed by atoms with Crippen LogP contribution >= 0.6 is 23.2 Å². The van der Waals surface area contributed by atoms with Crippen molar-refractivity contribution in [2.75, 3.05) is 19.3 Å². The molecule has 0 bridgehead atoms. The van der Waals surface area contributed by atoms with E-state index in [0.717, 1.165) is 6.42 Å². The molecule has 0 heterocycles. The minimum atomic E-state index is -0.0967. The van der Waals surface area contributed by atoms with Gasteiger partial charge in [0.15, 0.2) is 0 Å². The number of nitrogens with zero attached hydrogens (tertiary/aromatic N) is 1. The summed E-state index contributed by atoms with van der Waals surface area (Å²) in [5.41, 5.74) is 6.49. The largest absolute Gasteiger partial charge is 0.397 e. The Morgan fingerprint density at radius 3 is 2.56 bits per heavy atom. The van der Waals surface area contributed by atoms with Gasteiger partial charge in [-0.25, -0.2) is 0 Å². The highest BCUT2D eigenvalue weighted by Gasteiger charge is 2.16. The number of carbonyl (C=O) groups excluding carboxylic acids is 1. The van der Waals surface area contributed by atoms with E-state index in [4.69, 9.17) is 28.9 Å². The van der Waals surface area contributed by atoms with Crippen molar-refractivity contribution in [3.8, 4) is 0 Å². The van der Waals surface area contributed by atoms with Crippen LogP contribution in [0.3, 0.4) is 0 Å². The topological polar surface area (TPSA) is 46.3 Å². The summed E-state index contributed by atoms with van der Waals surface area (Å²) in [4.78, 5) is 13.9. The van der Waals surface area contributed by atoms with Crippen molar-refractivity contribution >= 4 is 34.8 Å². The van der Waals surface area contributed by atoms with Gasteiger partial charge in [0.1, 0.15) is 0 Å². The molecule has 2 N–H and O–H groups in total. The zero-order chi connectivity index (χ0) is 13.9. The Balaban J connectivity index is 2.90. The first-order chi connectivity index (χ1) is 8.36. The summed E-state index contributed by atoms with van der Waals surface area (Å²) in [6, 6.07) is 3.11. The highest BCUT2D eigenvalue weighted by molar-refractivity contribution is 6.43. The van der Waals surface area contributed by atoms with Crippen LogP contribution in [-0.2, 0) is 0 Å². The molecule has 5 heteroatoms. The van der Waals surface area contributed by atoms with Gasteiger partial charge in [-0.1, -0.05) is 43.5 Å². The standard InChI is InChI=1S/C13H18Cl2N2O/c1-4-8(2)7-17(3)13(18)9-5-10(14)12(15)11(16)6-9/h5-6,8H,4,7,16H2,1-3H3. The first-order valence-corrected chi connectivity index (χ1v) is 6.62. The number of benzene rings is 1. The maximum atomic E-state index is 12.2. The number of halogens is 2. The molecule has 1 rings (SSSR count). The zero-order valence-corrected chi connectivity index (χ0v) is 12.3. The number of nitrogen functional groups attached to an aromatic ring is 1. The summed E-state index contributed by atoms with van der Waals surface area (Å²) in [5.74, 6) is 0.361. The fraction of sp³-hybridized carbons (Fsp3) is 0.462. The van der Waals surface area contributed by atoms with Gasteiger partial charge in [0.05, 0.1) is 15.7 Å². The molecule has 0 spiro atoms. The zero-order valence-electron chi connectivity index (χ0n) is 10.8. The van der Waals surface area contributed by atoms with Crippen LogP contribution in [0.15, 0.2) is 12.1 Å². The molecule has 0 radical (unpaired) electrons. The molecule has 0 saturated heterocycles. The number of anilines is 1. The van der Waals surface area contributed by atoms with Gasteiger partial charge in [0, 0.05) is 19.2 Å². The molecular weight excluding hydrogens is 271 g/mol. The first kappa shape index (κ1) is 15.1. The SMILES string of the molecule is CCC(C)CN(C)C(=O)c1cc(N)c(Cl)c(Cl)c1. The molecule has 1 atom stereocenters. The highest BCUT2D eigenvalue weighted by atomic mass is 35.5. The van der Waals surface area contributed by atoms with Crippen molar-refractivity contribution in [1.82, 2.24) is 4.90 Å². The van der Waals surface area contributed by atoms with E-state index in [-0.39, 0.29) is 10.9 Å². The third-order valence-corrected chi connectivity index (χ3v) is 3.75. The Morgan fingerprint density at radius 1 is 1.44 bits per heavy atom. The van der Waals surface area contributed by atoms with Gasteiger partial charge in [-0.05, 0) is 18.1 Å². The van der Waals surface area contributed by atoms with Crippen molar-refractivity contribution in [2.24, 2.45) is 5.92 Å². The van der Waals surface area contributed by atoms with E-state index in [0.29, 0.717) is 28.7 Å². The molecule has 0 fully saturated rings. The number of hydrogen-bond acceptors (Lipinski definition) is 2. The molecule has 3 nitrogen and oxygen atoms in total. The van der Waals surface area contributed by atoms with Crippen LogP contribution in [0.5, 0.6) is 0 Å². The third-order valence-electron chi connectivity index (χ3n) is 2.93. The normalized spacial score (nSPS) is 12.3. The Labute approximate surface area is 118 Å². The minimum absolute atomic E-state index is 0.0967. The predicted octanol–water partition coefficient (Wildman–Crippen LogP) is 3.69. The summed E-state index contributed by atoms with van der Waals surface area (Å²) in [7, 11) is 1.77. The van der Waals surface area contributed by atoms with Crippen molar-refractivity contribution in [3.05, 3.63) is 27.7 Å². The number of carbonyl (C=O) groups is 1. The average Bonchev–Trinajstić information content (AvgIpc) is 2.33. The van der Waals surface area contributed by atoms with Gasteiger partial charge in [0.25, 0.3) is 5.91 Å². The monoisotopic (exact) mass is 288 g/mol. The summed E-state index contributed by atoms with van der Waals surface area (Å²) < 4.78 is 0. The number of nitrogens with two attached hydrogens (primary N) is 1. The van der Waals surface area contributed by atoms with E-state index in [1.54, 1.807) is 24.1 Å². The third kappa shape index (κ3) is 3.53. The minimum Gasteiger partial charge on any atom is -0.397 e. The molecule has 0 aliphatic rings. The molecule has 0 aromatic heterocycles. The second-order valence-corrected chi connectivity index (χ2v) is 5.35. The average molecular weight is 289 g/mol. The van der Waals surface area contributed by atoms with Crippen LogP contribution in [0.2, 0.25) is 10.0 Å². The second kappa shape index (κ2) is 6.30. The molecule has 1 aromatic rings. The highest BCUT2D eigenvalue weighted by Crippen LogP contribution is 2.29. The van der Waals surface area contributed by atoms with Gasteiger partial charge in [-0.2, -0.15) is 0 Å². The quantitative estimate of drug-likeness (QED) is 0.859. The molecule has 0 saturated carbocycles. The molecular formula is C13H18Cl2N2O. The fourth-order valence-corrected chi connectivity index (χ4v) is 1.97. The first-order valence-electron chi connectivity index (χ1n) is 5.86. The number of rotatable bonds is 4. The van der Waals surface area contributed by atoms with Gasteiger partial charge in [0.2, 0.25) is 0 Å². The van der Waals surface area contributed by atoms with E-state index in [2.05, 4.69) is 13.8 Å². The smallest absolute Gasteiger partial charge is 0.253 e. The maximum absolute atomic E-state index is 12.2. The lowest BCUT2D eigenvalue weighted by Crippen LogP contribution is -2.30. The van der Waals surface area contributed by atoms with Gasteiger partial charge < -0.3 is 10.6 Å². The Kier molecular flexibility index (Phi) is 5.29. The summed E-state index contributed by atoms with van der Waals surface area (Å²) in [6.07, 6.45) is 1.03. The van der Waals surface area contributed by atoms with E-state index < -0.39 is 0 Å². The van der Waals surface area contributed by atoms with Gasteiger partial charge >= 0.3 is 0 Å². The molecule has 18 heavy (non-hydrogen) atoms. The lowest BCUT2D eigenvalue weighted by atomic mass is 10.1. The molecule has 0 aliphatic carbocycles. The van der Waals surface area contributed by atoms with Gasteiger partial charge in [-0.15, -0.1) is 0 Å². The van der Waals surface area contributed by atoms with Crippen molar-refractivity contribution in [1.29, 1.82) is 0 Å². The van der Waals surface area contributed by atoms with E-state index in [9.17, 15) is 4.79 Å². The summed E-state index contributed by atoms with van der Waals surface area (Å²) in [6.45, 7) is 4.91. The lowest BCUT2D eigenvalue weighted by molar-refractivity contribution is 0.0775.